The zero-order valence-electron chi connectivity index (χ0n) is 11.7. The SMILES string of the molecule is CC(C)C[C@@H](NC(N)=O)C(=O)NCc1ccccc1F. The Labute approximate surface area is 117 Å². The molecule has 6 heteroatoms. The number of urea groups is 1. The molecule has 0 unspecified atom stereocenters. The largest absolute Gasteiger partial charge is 0.352 e. The van der Waals surface area contributed by atoms with E-state index >= 15 is 0 Å². The molecule has 0 fully saturated rings. The van der Waals surface area contributed by atoms with E-state index in [1.54, 1.807) is 18.2 Å². The van der Waals surface area contributed by atoms with Crippen LogP contribution in [0.2, 0.25) is 0 Å². The number of carbonyl (C=O) groups is 2. The topological polar surface area (TPSA) is 84.2 Å². The maximum atomic E-state index is 13.4. The maximum absolute atomic E-state index is 13.4. The summed E-state index contributed by atoms with van der Waals surface area (Å²) in [5.74, 6) is -0.539. The minimum absolute atomic E-state index is 0.0700. The minimum atomic E-state index is -0.753. The Balaban J connectivity index is 2.62. The predicted molar refractivity (Wildman–Crippen MR) is 74.2 cm³/mol. The van der Waals surface area contributed by atoms with E-state index in [9.17, 15) is 14.0 Å². The number of halogens is 1. The van der Waals surface area contributed by atoms with Crippen LogP contribution in [0.1, 0.15) is 25.8 Å². The van der Waals surface area contributed by atoms with Crippen molar-refractivity contribution in [1.82, 2.24) is 10.6 Å². The number of nitrogens with one attached hydrogen (secondary N) is 2. The van der Waals surface area contributed by atoms with Gasteiger partial charge in [-0.1, -0.05) is 32.0 Å². The summed E-state index contributed by atoms with van der Waals surface area (Å²) < 4.78 is 13.4. The summed E-state index contributed by atoms with van der Waals surface area (Å²) in [7, 11) is 0. The van der Waals surface area contributed by atoms with Crippen LogP contribution in [-0.4, -0.2) is 18.0 Å². The molecule has 0 aliphatic rings. The molecule has 0 aromatic heterocycles. The summed E-state index contributed by atoms with van der Waals surface area (Å²) in [5, 5.41) is 5.00. The highest BCUT2D eigenvalue weighted by molar-refractivity contribution is 5.86. The number of amides is 3. The van der Waals surface area contributed by atoms with Crippen molar-refractivity contribution in [3.8, 4) is 0 Å². The molecule has 20 heavy (non-hydrogen) atoms. The Kier molecular flexibility index (Phi) is 5.96. The van der Waals surface area contributed by atoms with Crippen LogP contribution in [0.15, 0.2) is 24.3 Å². The molecule has 0 radical (unpaired) electrons. The fraction of sp³-hybridized carbons (Fsp3) is 0.429. The van der Waals surface area contributed by atoms with Crippen molar-refractivity contribution in [2.24, 2.45) is 11.7 Å². The lowest BCUT2D eigenvalue weighted by Gasteiger charge is -2.19. The fourth-order valence-electron chi connectivity index (χ4n) is 1.82. The van der Waals surface area contributed by atoms with Crippen LogP contribution < -0.4 is 16.4 Å². The molecule has 1 aromatic carbocycles. The Morgan fingerprint density at radius 1 is 1.30 bits per heavy atom. The average molecular weight is 281 g/mol. The number of hydrogen-bond donors (Lipinski definition) is 3. The van der Waals surface area contributed by atoms with Crippen molar-refractivity contribution in [1.29, 1.82) is 0 Å². The molecule has 4 N–H and O–H groups in total. The third-order valence-electron chi connectivity index (χ3n) is 2.75. The highest BCUT2D eigenvalue weighted by Gasteiger charge is 2.20. The first kappa shape index (κ1) is 15.9. The molecule has 0 aliphatic heterocycles. The van der Waals surface area contributed by atoms with Gasteiger partial charge in [-0.05, 0) is 18.4 Å². The molecule has 0 saturated heterocycles. The van der Waals surface area contributed by atoms with Gasteiger partial charge in [0.25, 0.3) is 0 Å². The second-order valence-corrected chi connectivity index (χ2v) is 5.00. The van der Waals surface area contributed by atoms with Crippen LogP contribution in [0, 0.1) is 11.7 Å². The predicted octanol–water partition coefficient (Wildman–Crippen LogP) is 1.52. The van der Waals surface area contributed by atoms with E-state index in [0.717, 1.165) is 0 Å². The van der Waals surface area contributed by atoms with Crippen molar-refractivity contribution < 1.29 is 14.0 Å². The second kappa shape index (κ2) is 7.47. The lowest BCUT2D eigenvalue weighted by atomic mass is 10.0. The third-order valence-corrected chi connectivity index (χ3v) is 2.75. The number of benzene rings is 1. The quantitative estimate of drug-likeness (QED) is 0.738. The van der Waals surface area contributed by atoms with Crippen molar-refractivity contribution in [2.75, 3.05) is 0 Å². The summed E-state index contributed by atoms with van der Waals surface area (Å²) in [6, 6.07) is 4.73. The van der Waals surface area contributed by atoms with Crippen LogP contribution in [0.4, 0.5) is 9.18 Å². The number of nitrogens with two attached hydrogens (primary N) is 1. The van der Waals surface area contributed by atoms with E-state index in [2.05, 4.69) is 10.6 Å². The highest BCUT2D eigenvalue weighted by atomic mass is 19.1. The first-order valence-electron chi connectivity index (χ1n) is 6.47. The Hall–Kier alpha value is -2.11. The van der Waals surface area contributed by atoms with E-state index in [0.29, 0.717) is 12.0 Å². The zero-order chi connectivity index (χ0) is 15.1. The van der Waals surface area contributed by atoms with Crippen LogP contribution in [0.3, 0.4) is 0 Å². The van der Waals surface area contributed by atoms with Crippen LogP contribution in [0.25, 0.3) is 0 Å². The normalized spacial score (nSPS) is 12.0. The van der Waals surface area contributed by atoms with Gasteiger partial charge < -0.3 is 16.4 Å². The fourth-order valence-corrected chi connectivity index (χ4v) is 1.82. The number of primary amides is 1. The van der Waals surface area contributed by atoms with Crippen LogP contribution in [-0.2, 0) is 11.3 Å². The number of rotatable bonds is 6. The monoisotopic (exact) mass is 281 g/mol. The van der Waals surface area contributed by atoms with Crippen molar-refractivity contribution in [2.45, 2.75) is 32.9 Å². The number of hydrogen-bond acceptors (Lipinski definition) is 2. The Morgan fingerprint density at radius 3 is 2.50 bits per heavy atom. The van der Waals surface area contributed by atoms with E-state index in [1.165, 1.54) is 6.07 Å². The first-order chi connectivity index (χ1) is 9.40. The summed E-state index contributed by atoms with van der Waals surface area (Å²) in [4.78, 5) is 22.9. The Morgan fingerprint density at radius 2 is 1.95 bits per heavy atom. The van der Waals surface area contributed by atoms with Gasteiger partial charge in [0.15, 0.2) is 0 Å². The summed E-state index contributed by atoms with van der Waals surface area (Å²) in [6.07, 6.45) is 0.464. The number of carbonyl (C=O) groups excluding carboxylic acids is 2. The van der Waals surface area contributed by atoms with Gasteiger partial charge in [-0.25, -0.2) is 9.18 Å². The molecule has 3 amide bonds. The smallest absolute Gasteiger partial charge is 0.312 e. The summed E-state index contributed by atoms with van der Waals surface area (Å²) >= 11 is 0. The molecule has 0 aliphatic carbocycles. The molecule has 1 aromatic rings. The average Bonchev–Trinajstić information content (AvgIpc) is 2.35. The van der Waals surface area contributed by atoms with Gasteiger partial charge in [0.2, 0.25) is 5.91 Å². The molecule has 1 rings (SSSR count). The van der Waals surface area contributed by atoms with Crippen LogP contribution >= 0.6 is 0 Å². The van der Waals surface area contributed by atoms with Gasteiger partial charge in [-0.2, -0.15) is 0 Å². The summed E-state index contributed by atoms with van der Waals surface area (Å²) in [5.41, 5.74) is 5.44. The van der Waals surface area contributed by atoms with Gasteiger partial charge in [0, 0.05) is 12.1 Å². The maximum Gasteiger partial charge on any atom is 0.312 e. The van der Waals surface area contributed by atoms with Crippen molar-refractivity contribution in [3.63, 3.8) is 0 Å². The van der Waals surface area contributed by atoms with E-state index in [1.807, 2.05) is 13.8 Å². The lowest BCUT2D eigenvalue weighted by molar-refractivity contribution is -0.123. The zero-order valence-corrected chi connectivity index (χ0v) is 11.7. The first-order valence-corrected chi connectivity index (χ1v) is 6.47. The molecular weight excluding hydrogens is 261 g/mol. The van der Waals surface area contributed by atoms with Crippen LogP contribution in [0.5, 0.6) is 0 Å². The van der Waals surface area contributed by atoms with E-state index < -0.39 is 12.1 Å². The van der Waals surface area contributed by atoms with E-state index in [4.69, 9.17) is 5.73 Å². The molecule has 0 heterocycles. The van der Waals surface area contributed by atoms with Gasteiger partial charge in [0.05, 0.1) is 0 Å². The summed E-state index contributed by atoms with van der Waals surface area (Å²) in [6.45, 7) is 3.93. The van der Waals surface area contributed by atoms with E-state index in [-0.39, 0.29) is 24.2 Å². The molecule has 0 saturated carbocycles. The Bertz CT molecular complexity index is 477. The molecule has 110 valence electrons. The molecular formula is C14H20FN3O2. The molecule has 0 spiro atoms. The minimum Gasteiger partial charge on any atom is -0.352 e. The third kappa shape index (κ3) is 5.26. The second-order valence-electron chi connectivity index (χ2n) is 5.00. The molecule has 1 atom stereocenters. The van der Waals surface area contributed by atoms with Crippen molar-refractivity contribution in [3.05, 3.63) is 35.6 Å². The molecule has 5 nitrogen and oxygen atoms in total. The molecule has 0 bridgehead atoms. The lowest BCUT2D eigenvalue weighted by Crippen LogP contribution is -2.49. The van der Waals surface area contributed by atoms with Gasteiger partial charge >= 0.3 is 6.03 Å². The van der Waals surface area contributed by atoms with Gasteiger partial charge in [-0.15, -0.1) is 0 Å². The van der Waals surface area contributed by atoms with Crippen molar-refractivity contribution >= 4 is 11.9 Å². The highest BCUT2D eigenvalue weighted by Crippen LogP contribution is 2.08. The standard InChI is InChI=1S/C14H20FN3O2/c1-9(2)7-12(18-14(16)20)13(19)17-8-10-5-3-4-6-11(10)15/h3-6,9,12H,7-8H2,1-2H3,(H,17,19)(H3,16,18,20)/t12-/m1/s1. The van der Waals surface area contributed by atoms with Gasteiger partial charge in [0.1, 0.15) is 11.9 Å². The van der Waals surface area contributed by atoms with Gasteiger partial charge in [-0.3, -0.25) is 4.79 Å².